The largest absolute Gasteiger partial charge is 0.748 e. The molecule has 228 valence electrons. The summed E-state index contributed by atoms with van der Waals surface area (Å²) in [4.78, 5) is 26.6. The van der Waals surface area contributed by atoms with Crippen molar-refractivity contribution >= 4 is 53.8 Å². The standard InChI is InChI=1S/C30H34N4O7S2/c1-22-13-15-23(16-14-22)43(40,41)34(20-6-12-28(35)32-18-17-31)30(36)29-24-8-2-4-10-26(24)33(19-7-21-42(37,38)39)27-11-5-3-9-25(27)29/h2-5,8-11,13-16H,6-7,12,17-21,31H2,1H3,(H-,32,35,37,38,39). The highest BCUT2D eigenvalue weighted by molar-refractivity contribution is 7.89. The monoisotopic (exact) mass is 626 g/mol. The SMILES string of the molecule is Cc1ccc(S(=O)(=O)N(CCCC(=O)NCCN)C(=O)c2c3ccccc3[n+](CCCS(=O)(=O)[O-])c3ccccc23)cc1. The Labute approximate surface area is 251 Å². The molecule has 2 amide bonds. The number of pyridine rings is 1. The molecule has 0 atom stereocenters. The summed E-state index contributed by atoms with van der Waals surface area (Å²) < 4.78 is 64.4. The van der Waals surface area contributed by atoms with Crippen molar-refractivity contribution in [3.8, 4) is 0 Å². The van der Waals surface area contributed by atoms with Gasteiger partial charge >= 0.3 is 0 Å². The Bertz CT molecular complexity index is 1800. The molecule has 0 aliphatic heterocycles. The minimum Gasteiger partial charge on any atom is -0.748 e. The van der Waals surface area contributed by atoms with E-state index in [9.17, 15) is 31.0 Å². The minimum atomic E-state index is -4.43. The van der Waals surface area contributed by atoms with E-state index in [1.807, 2.05) is 11.5 Å². The van der Waals surface area contributed by atoms with Gasteiger partial charge in [0.1, 0.15) is 0 Å². The molecule has 0 unspecified atom stereocenters. The number of amides is 2. The number of nitrogens with one attached hydrogen (secondary N) is 1. The van der Waals surface area contributed by atoms with Gasteiger partial charge in [-0.15, -0.1) is 0 Å². The highest BCUT2D eigenvalue weighted by atomic mass is 32.2. The Morgan fingerprint density at radius 1 is 0.884 bits per heavy atom. The molecule has 0 radical (unpaired) electrons. The van der Waals surface area contributed by atoms with Crippen LogP contribution in [0.5, 0.6) is 0 Å². The number of rotatable bonds is 13. The van der Waals surface area contributed by atoms with Crippen molar-refractivity contribution in [2.24, 2.45) is 5.73 Å². The number of nitrogens with zero attached hydrogens (tertiary/aromatic N) is 2. The van der Waals surface area contributed by atoms with Crippen molar-refractivity contribution in [1.82, 2.24) is 9.62 Å². The number of aromatic nitrogens is 1. The molecule has 0 aliphatic rings. The Morgan fingerprint density at radius 2 is 1.47 bits per heavy atom. The van der Waals surface area contributed by atoms with Crippen LogP contribution in [0.25, 0.3) is 21.8 Å². The van der Waals surface area contributed by atoms with E-state index in [0.29, 0.717) is 21.8 Å². The summed E-state index contributed by atoms with van der Waals surface area (Å²) in [6.45, 7) is 2.30. The van der Waals surface area contributed by atoms with Crippen LogP contribution in [-0.2, 0) is 31.5 Å². The van der Waals surface area contributed by atoms with E-state index in [1.54, 1.807) is 60.7 Å². The first-order valence-electron chi connectivity index (χ1n) is 13.8. The van der Waals surface area contributed by atoms with Crippen LogP contribution in [0.15, 0.2) is 77.7 Å². The predicted octanol–water partition coefficient (Wildman–Crippen LogP) is 2.21. The van der Waals surface area contributed by atoms with Gasteiger partial charge in [-0.25, -0.2) is 21.1 Å². The highest BCUT2D eigenvalue weighted by Gasteiger charge is 2.34. The van der Waals surface area contributed by atoms with Crippen LogP contribution >= 0.6 is 0 Å². The summed E-state index contributed by atoms with van der Waals surface area (Å²) in [6, 6.07) is 20.1. The molecule has 0 spiro atoms. The van der Waals surface area contributed by atoms with Crippen LogP contribution in [0.3, 0.4) is 0 Å². The van der Waals surface area contributed by atoms with Crippen LogP contribution in [-0.4, -0.2) is 62.9 Å². The smallest absolute Gasteiger partial charge is 0.269 e. The number of fused-ring (bicyclic) bond motifs is 2. The second-order valence-corrected chi connectivity index (χ2v) is 13.5. The van der Waals surface area contributed by atoms with Crippen molar-refractivity contribution in [1.29, 1.82) is 0 Å². The molecular formula is C30H34N4O7S2. The third-order valence-corrected chi connectivity index (χ3v) is 9.57. The molecule has 13 heteroatoms. The third kappa shape index (κ3) is 7.54. The second-order valence-electron chi connectivity index (χ2n) is 10.1. The van der Waals surface area contributed by atoms with Crippen LogP contribution in [0.4, 0.5) is 0 Å². The number of nitrogens with two attached hydrogens (primary N) is 1. The highest BCUT2D eigenvalue weighted by Crippen LogP contribution is 2.29. The van der Waals surface area contributed by atoms with Crippen molar-refractivity contribution in [2.75, 3.05) is 25.4 Å². The Balaban J connectivity index is 1.85. The van der Waals surface area contributed by atoms with Crippen molar-refractivity contribution in [3.05, 3.63) is 83.9 Å². The van der Waals surface area contributed by atoms with Gasteiger partial charge in [0.25, 0.3) is 15.9 Å². The van der Waals surface area contributed by atoms with Gasteiger partial charge in [0.15, 0.2) is 6.54 Å². The molecule has 0 fully saturated rings. The number of hydrogen-bond acceptors (Lipinski definition) is 8. The zero-order valence-electron chi connectivity index (χ0n) is 23.7. The Hall–Kier alpha value is -3.91. The van der Waals surface area contributed by atoms with Crippen LogP contribution < -0.4 is 15.6 Å². The maximum atomic E-state index is 14.5. The van der Waals surface area contributed by atoms with Crippen molar-refractivity contribution < 1.29 is 35.5 Å². The number of para-hydroxylation sites is 2. The van der Waals surface area contributed by atoms with Gasteiger partial charge < -0.3 is 15.6 Å². The number of carbonyl (C=O) groups is 2. The molecule has 3 aromatic carbocycles. The second kappa shape index (κ2) is 13.6. The number of aryl methyl sites for hydroxylation is 2. The van der Waals surface area contributed by atoms with Crippen LogP contribution in [0.2, 0.25) is 0 Å². The average Bonchev–Trinajstić information content (AvgIpc) is 2.97. The van der Waals surface area contributed by atoms with Gasteiger partial charge in [-0.3, -0.25) is 9.59 Å². The van der Waals surface area contributed by atoms with E-state index >= 15 is 0 Å². The summed E-state index contributed by atoms with van der Waals surface area (Å²) in [5, 5.41) is 3.57. The van der Waals surface area contributed by atoms with Crippen LogP contribution in [0.1, 0.15) is 35.2 Å². The van der Waals surface area contributed by atoms with Crippen molar-refractivity contribution in [3.63, 3.8) is 0 Å². The maximum absolute atomic E-state index is 14.5. The molecule has 11 nitrogen and oxygen atoms in total. The van der Waals surface area contributed by atoms with Gasteiger partial charge in [-0.1, -0.05) is 42.0 Å². The Morgan fingerprint density at radius 3 is 2.02 bits per heavy atom. The quantitative estimate of drug-likeness (QED) is 0.129. The minimum absolute atomic E-state index is 0.00783. The molecular weight excluding hydrogens is 592 g/mol. The first-order chi connectivity index (χ1) is 20.4. The van der Waals surface area contributed by atoms with Gasteiger partial charge in [-0.05, 0) is 37.6 Å². The maximum Gasteiger partial charge on any atom is 0.269 e. The molecule has 1 heterocycles. The average molecular weight is 627 g/mol. The molecule has 0 saturated carbocycles. The lowest BCUT2D eigenvalue weighted by Crippen LogP contribution is -2.41. The topological polar surface area (TPSA) is 171 Å². The zero-order chi connectivity index (χ0) is 31.2. The fraction of sp³-hybridized carbons (Fsp3) is 0.300. The molecule has 0 bridgehead atoms. The fourth-order valence-corrected chi connectivity index (χ4v) is 6.86. The summed E-state index contributed by atoms with van der Waals surface area (Å²) >= 11 is 0. The Kier molecular flexibility index (Phi) is 10.1. The van der Waals surface area contributed by atoms with E-state index in [1.165, 1.54) is 12.1 Å². The molecule has 0 aliphatic carbocycles. The first-order valence-corrected chi connectivity index (χ1v) is 16.8. The lowest BCUT2D eigenvalue weighted by Gasteiger charge is -2.24. The number of hydrogen-bond donors (Lipinski definition) is 2. The zero-order valence-corrected chi connectivity index (χ0v) is 25.4. The molecule has 4 rings (SSSR count). The molecule has 3 N–H and O–H groups in total. The summed E-state index contributed by atoms with van der Waals surface area (Å²) in [5.41, 5.74) is 7.59. The lowest BCUT2D eigenvalue weighted by atomic mass is 10.0. The van der Waals surface area contributed by atoms with Crippen LogP contribution in [0, 0.1) is 6.92 Å². The van der Waals surface area contributed by atoms with E-state index < -0.39 is 31.8 Å². The van der Waals surface area contributed by atoms with E-state index in [4.69, 9.17) is 5.73 Å². The number of carbonyl (C=O) groups excluding carboxylic acids is 2. The van der Waals surface area contributed by atoms with Crippen molar-refractivity contribution in [2.45, 2.75) is 37.6 Å². The molecule has 43 heavy (non-hydrogen) atoms. The summed E-state index contributed by atoms with van der Waals surface area (Å²) in [6.07, 6.45) is 0.129. The molecule has 4 aromatic rings. The lowest BCUT2D eigenvalue weighted by molar-refractivity contribution is -0.645. The predicted molar refractivity (Wildman–Crippen MR) is 162 cm³/mol. The van der Waals surface area contributed by atoms with Gasteiger partial charge in [0.2, 0.25) is 16.9 Å². The van der Waals surface area contributed by atoms with E-state index in [2.05, 4.69) is 5.32 Å². The first kappa shape index (κ1) is 32.0. The van der Waals surface area contributed by atoms with Gasteiger partial charge in [0.05, 0.1) is 31.3 Å². The molecule has 1 aromatic heterocycles. The summed E-state index contributed by atoms with van der Waals surface area (Å²) in [5.74, 6) is -1.61. The summed E-state index contributed by atoms with van der Waals surface area (Å²) in [7, 11) is -8.76. The van der Waals surface area contributed by atoms with E-state index in [-0.39, 0.29) is 61.8 Å². The van der Waals surface area contributed by atoms with Gasteiger partial charge in [0, 0.05) is 50.4 Å². The fourth-order valence-electron chi connectivity index (χ4n) is 4.96. The third-order valence-electron chi connectivity index (χ3n) is 6.99. The van der Waals surface area contributed by atoms with Gasteiger partial charge in [-0.2, -0.15) is 4.57 Å². The number of sulfonamides is 1. The normalized spacial score (nSPS) is 12.0. The molecule has 0 saturated heterocycles. The number of benzene rings is 3. The van der Waals surface area contributed by atoms with E-state index in [0.717, 1.165) is 9.87 Å².